The standard InChI is InChI=1S/C11H21N5O/c1-14-4-5-15(2)10(8-14)11(17)6-9-7-16(3)13-12-9/h7,10-11,17H,4-6,8H2,1-3H3. The summed E-state index contributed by atoms with van der Waals surface area (Å²) in [7, 11) is 6.00. The lowest BCUT2D eigenvalue weighted by atomic mass is 10.0. The first-order valence-electron chi connectivity index (χ1n) is 5.98. The summed E-state index contributed by atoms with van der Waals surface area (Å²) in [5, 5.41) is 18.2. The summed E-state index contributed by atoms with van der Waals surface area (Å²) in [5.74, 6) is 0. The summed E-state index contributed by atoms with van der Waals surface area (Å²) in [5.41, 5.74) is 0.849. The van der Waals surface area contributed by atoms with Gasteiger partial charge in [-0.3, -0.25) is 9.58 Å². The molecule has 0 radical (unpaired) electrons. The number of aromatic nitrogens is 3. The van der Waals surface area contributed by atoms with Crippen LogP contribution in [0.2, 0.25) is 0 Å². The number of aryl methyl sites for hydroxylation is 1. The highest BCUT2D eigenvalue weighted by atomic mass is 16.3. The van der Waals surface area contributed by atoms with Crippen LogP contribution in [0.1, 0.15) is 5.69 Å². The van der Waals surface area contributed by atoms with Gasteiger partial charge in [0, 0.05) is 45.3 Å². The molecule has 1 aromatic rings. The highest BCUT2D eigenvalue weighted by molar-refractivity contribution is 4.98. The van der Waals surface area contributed by atoms with Crippen molar-refractivity contribution in [3.63, 3.8) is 0 Å². The Morgan fingerprint density at radius 2 is 2.18 bits per heavy atom. The maximum absolute atomic E-state index is 10.3. The number of piperazine rings is 1. The molecular formula is C11H21N5O. The van der Waals surface area contributed by atoms with E-state index < -0.39 is 0 Å². The van der Waals surface area contributed by atoms with Crippen LogP contribution in [0.3, 0.4) is 0 Å². The third-order valence-electron chi connectivity index (χ3n) is 3.41. The van der Waals surface area contributed by atoms with Crippen molar-refractivity contribution in [2.24, 2.45) is 7.05 Å². The van der Waals surface area contributed by atoms with Crippen LogP contribution >= 0.6 is 0 Å². The van der Waals surface area contributed by atoms with Gasteiger partial charge in [0.1, 0.15) is 0 Å². The molecule has 0 aromatic carbocycles. The van der Waals surface area contributed by atoms with Gasteiger partial charge in [-0.1, -0.05) is 5.21 Å². The minimum atomic E-state index is -0.389. The van der Waals surface area contributed by atoms with Crippen molar-refractivity contribution in [1.82, 2.24) is 24.8 Å². The Balaban J connectivity index is 1.96. The lowest BCUT2D eigenvalue weighted by Gasteiger charge is -2.40. The van der Waals surface area contributed by atoms with Gasteiger partial charge in [-0.15, -0.1) is 5.10 Å². The molecule has 1 fully saturated rings. The summed E-state index contributed by atoms with van der Waals surface area (Å²) in [6.45, 7) is 2.96. The van der Waals surface area contributed by atoms with Crippen LogP contribution in [-0.4, -0.2) is 75.8 Å². The van der Waals surface area contributed by atoms with Crippen LogP contribution in [0.5, 0.6) is 0 Å². The zero-order valence-corrected chi connectivity index (χ0v) is 10.7. The highest BCUT2D eigenvalue weighted by Crippen LogP contribution is 2.13. The summed E-state index contributed by atoms with van der Waals surface area (Å²) in [6.07, 6.45) is 2.03. The average molecular weight is 239 g/mol. The lowest BCUT2D eigenvalue weighted by Crippen LogP contribution is -2.55. The quantitative estimate of drug-likeness (QED) is 0.730. The minimum absolute atomic E-state index is 0.177. The van der Waals surface area contributed by atoms with Gasteiger partial charge in [0.15, 0.2) is 0 Å². The van der Waals surface area contributed by atoms with Crippen molar-refractivity contribution in [3.8, 4) is 0 Å². The van der Waals surface area contributed by atoms with E-state index in [9.17, 15) is 5.11 Å². The second kappa shape index (κ2) is 5.12. The van der Waals surface area contributed by atoms with E-state index in [1.54, 1.807) is 4.68 Å². The summed E-state index contributed by atoms with van der Waals surface area (Å²) in [4.78, 5) is 4.48. The zero-order chi connectivity index (χ0) is 12.4. The van der Waals surface area contributed by atoms with E-state index in [1.807, 2.05) is 13.2 Å². The van der Waals surface area contributed by atoms with Crippen LogP contribution in [0.15, 0.2) is 6.20 Å². The van der Waals surface area contributed by atoms with E-state index in [0.717, 1.165) is 25.3 Å². The van der Waals surface area contributed by atoms with E-state index in [1.165, 1.54) is 0 Å². The number of hydrogen-bond donors (Lipinski definition) is 1. The SMILES string of the molecule is CN1CCN(C)C(C(O)Cc2cn(C)nn2)C1. The maximum atomic E-state index is 10.3. The van der Waals surface area contributed by atoms with Gasteiger partial charge in [0.05, 0.1) is 11.8 Å². The molecule has 2 atom stereocenters. The van der Waals surface area contributed by atoms with Crippen molar-refractivity contribution >= 4 is 0 Å². The van der Waals surface area contributed by atoms with Crippen LogP contribution < -0.4 is 0 Å². The summed E-state index contributed by atoms with van der Waals surface area (Å²) in [6, 6.07) is 0.177. The van der Waals surface area contributed by atoms with Gasteiger partial charge < -0.3 is 10.0 Å². The van der Waals surface area contributed by atoms with E-state index in [-0.39, 0.29) is 12.1 Å². The second-order valence-corrected chi connectivity index (χ2v) is 4.97. The van der Waals surface area contributed by atoms with Gasteiger partial charge >= 0.3 is 0 Å². The van der Waals surface area contributed by atoms with Crippen LogP contribution in [0.25, 0.3) is 0 Å². The molecule has 0 bridgehead atoms. The number of aliphatic hydroxyl groups excluding tert-OH is 1. The van der Waals surface area contributed by atoms with Gasteiger partial charge in [0.25, 0.3) is 0 Å². The maximum Gasteiger partial charge on any atom is 0.0853 e. The van der Waals surface area contributed by atoms with E-state index in [2.05, 4.69) is 34.2 Å². The molecule has 1 N–H and O–H groups in total. The zero-order valence-electron chi connectivity index (χ0n) is 10.7. The Kier molecular flexibility index (Phi) is 3.76. The number of hydrogen-bond acceptors (Lipinski definition) is 5. The number of likely N-dealkylation sites (N-methyl/N-ethyl adjacent to an activating group) is 2. The molecule has 0 aliphatic carbocycles. The Labute approximate surface area is 102 Å². The molecular weight excluding hydrogens is 218 g/mol. The normalized spacial score (nSPS) is 25.1. The first-order chi connectivity index (χ1) is 8.06. The molecule has 1 saturated heterocycles. The van der Waals surface area contributed by atoms with E-state index >= 15 is 0 Å². The molecule has 2 unspecified atom stereocenters. The van der Waals surface area contributed by atoms with Gasteiger partial charge in [-0.2, -0.15) is 0 Å². The van der Waals surface area contributed by atoms with Crippen LogP contribution in [-0.2, 0) is 13.5 Å². The largest absolute Gasteiger partial charge is 0.391 e. The molecule has 2 rings (SSSR count). The van der Waals surface area contributed by atoms with Gasteiger partial charge in [-0.05, 0) is 14.1 Å². The third kappa shape index (κ3) is 3.02. The van der Waals surface area contributed by atoms with Crippen molar-refractivity contribution in [1.29, 1.82) is 0 Å². The van der Waals surface area contributed by atoms with Gasteiger partial charge in [-0.25, -0.2) is 0 Å². The molecule has 0 spiro atoms. The second-order valence-electron chi connectivity index (χ2n) is 4.97. The van der Waals surface area contributed by atoms with Crippen molar-refractivity contribution < 1.29 is 5.11 Å². The van der Waals surface area contributed by atoms with E-state index in [4.69, 9.17) is 0 Å². The fourth-order valence-corrected chi connectivity index (χ4v) is 2.30. The first kappa shape index (κ1) is 12.5. The molecule has 17 heavy (non-hydrogen) atoms. The smallest absolute Gasteiger partial charge is 0.0853 e. The Bertz CT molecular complexity index is 366. The Morgan fingerprint density at radius 1 is 1.41 bits per heavy atom. The van der Waals surface area contributed by atoms with E-state index in [0.29, 0.717) is 6.42 Å². The molecule has 0 amide bonds. The molecule has 6 nitrogen and oxygen atoms in total. The van der Waals surface area contributed by atoms with Crippen molar-refractivity contribution in [2.45, 2.75) is 18.6 Å². The van der Waals surface area contributed by atoms with Crippen LogP contribution in [0, 0.1) is 0 Å². The Hall–Kier alpha value is -0.980. The number of rotatable bonds is 3. The lowest BCUT2D eigenvalue weighted by molar-refractivity contribution is 0.0148. The average Bonchev–Trinajstić information content (AvgIpc) is 2.67. The summed E-state index contributed by atoms with van der Waals surface area (Å²) >= 11 is 0. The topological polar surface area (TPSA) is 57.4 Å². The Morgan fingerprint density at radius 3 is 2.82 bits per heavy atom. The monoisotopic (exact) mass is 239 g/mol. The predicted molar refractivity (Wildman–Crippen MR) is 64.6 cm³/mol. The highest BCUT2D eigenvalue weighted by Gasteiger charge is 2.29. The molecule has 0 saturated carbocycles. The molecule has 1 aliphatic rings. The van der Waals surface area contributed by atoms with Crippen molar-refractivity contribution in [3.05, 3.63) is 11.9 Å². The fraction of sp³-hybridized carbons (Fsp3) is 0.818. The van der Waals surface area contributed by atoms with Crippen LogP contribution in [0.4, 0.5) is 0 Å². The molecule has 2 heterocycles. The number of aliphatic hydroxyl groups is 1. The first-order valence-corrected chi connectivity index (χ1v) is 5.98. The number of nitrogens with zero attached hydrogens (tertiary/aromatic N) is 5. The molecule has 96 valence electrons. The minimum Gasteiger partial charge on any atom is -0.391 e. The molecule has 6 heteroatoms. The predicted octanol–water partition coefficient (Wildman–Crippen LogP) is -1.04. The molecule has 1 aliphatic heterocycles. The van der Waals surface area contributed by atoms with Gasteiger partial charge in [0.2, 0.25) is 0 Å². The van der Waals surface area contributed by atoms with Crippen molar-refractivity contribution in [2.75, 3.05) is 33.7 Å². The third-order valence-corrected chi connectivity index (χ3v) is 3.41. The summed E-state index contributed by atoms with van der Waals surface area (Å²) < 4.78 is 1.67. The molecule has 1 aromatic heterocycles. The fourth-order valence-electron chi connectivity index (χ4n) is 2.30.